The second-order valence-corrected chi connectivity index (χ2v) is 5.21. The van der Waals surface area contributed by atoms with Crippen LogP contribution in [0.1, 0.15) is 12.5 Å². The number of hydrogen-bond acceptors (Lipinski definition) is 3. The molecule has 0 amide bonds. The molecule has 0 saturated carbocycles. The van der Waals surface area contributed by atoms with E-state index < -0.39 is 5.97 Å². The second-order valence-electron chi connectivity index (χ2n) is 4.30. The van der Waals surface area contributed by atoms with Crippen molar-refractivity contribution < 1.29 is 14.3 Å². The van der Waals surface area contributed by atoms with Gasteiger partial charge in [0.25, 0.3) is 0 Å². The molecule has 19 heavy (non-hydrogen) atoms. The van der Waals surface area contributed by atoms with Crippen molar-refractivity contribution in [2.24, 2.45) is 0 Å². The number of thioether (sulfide) groups is 1. The number of benzene rings is 1. The standard InChI is InChI=1S/C14H18FNO2S/c1-10(9-19-3)16(2)13-6-4-11(8-12(13)15)5-7-14(17)18/h4-8,10H,9H2,1-3H3,(H,17,18)/b7-5+. The fraction of sp³-hybridized carbons (Fsp3) is 0.357. The van der Waals surface area contributed by atoms with E-state index in [1.54, 1.807) is 23.9 Å². The first kappa shape index (κ1) is 15.6. The third kappa shape index (κ3) is 4.59. The molecule has 0 fully saturated rings. The molecule has 3 nitrogen and oxygen atoms in total. The molecule has 1 rings (SSSR count). The van der Waals surface area contributed by atoms with Gasteiger partial charge in [-0.3, -0.25) is 0 Å². The summed E-state index contributed by atoms with van der Waals surface area (Å²) in [6, 6.07) is 4.95. The highest BCUT2D eigenvalue weighted by Gasteiger charge is 2.13. The SMILES string of the molecule is CSCC(C)N(C)c1ccc(/C=C/C(=O)O)cc1F. The van der Waals surface area contributed by atoms with E-state index in [1.165, 1.54) is 12.1 Å². The van der Waals surface area contributed by atoms with E-state index in [9.17, 15) is 9.18 Å². The molecule has 1 aromatic rings. The van der Waals surface area contributed by atoms with Crippen LogP contribution in [0.3, 0.4) is 0 Å². The Morgan fingerprint density at radius 3 is 2.79 bits per heavy atom. The minimum absolute atomic E-state index is 0.227. The van der Waals surface area contributed by atoms with Crippen molar-refractivity contribution in [3.63, 3.8) is 0 Å². The van der Waals surface area contributed by atoms with E-state index in [1.807, 2.05) is 25.1 Å². The molecular formula is C14H18FNO2S. The fourth-order valence-corrected chi connectivity index (χ4v) is 2.38. The van der Waals surface area contributed by atoms with Crippen LogP contribution in [0.2, 0.25) is 0 Å². The van der Waals surface area contributed by atoms with Crippen molar-refractivity contribution in [2.75, 3.05) is 24.0 Å². The van der Waals surface area contributed by atoms with Crippen LogP contribution in [-0.2, 0) is 4.79 Å². The summed E-state index contributed by atoms with van der Waals surface area (Å²) in [5.74, 6) is -0.477. The summed E-state index contributed by atoms with van der Waals surface area (Å²) in [6.07, 6.45) is 4.38. The summed E-state index contributed by atoms with van der Waals surface area (Å²) in [6.45, 7) is 2.04. The van der Waals surface area contributed by atoms with Gasteiger partial charge in [-0.25, -0.2) is 9.18 Å². The number of aliphatic carboxylic acids is 1. The Morgan fingerprint density at radius 2 is 2.26 bits per heavy atom. The molecule has 0 spiro atoms. The summed E-state index contributed by atoms with van der Waals surface area (Å²) in [4.78, 5) is 12.3. The Hall–Kier alpha value is -1.49. The predicted molar refractivity (Wildman–Crippen MR) is 79.3 cm³/mol. The molecule has 0 aliphatic rings. The number of carboxylic acid groups (broad SMARTS) is 1. The molecule has 5 heteroatoms. The average molecular weight is 283 g/mol. The largest absolute Gasteiger partial charge is 0.478 e. The topological polar surface area (TPSA) is 40.5 Å². The first-order valence-corrected chi connectivity index (χ1v) is 7.27. The Morgan fingerprint density at radius 1 is 1.58 bits per heavy atom. The molecule has 104 valence electrons. The Bertz CT molecular complexity index is 477. The van der Waals surface area contributed by atoms with Gasteiger partial charge in [0.1, 0.15) is 5.82 Å². The summed E-state index contributed by atoms with van der Waals surface area (Å²) >= 11 is 1.71. The van der Waals surface area contributed by atoms with Gasteiger partial charge in [0.05, 0.1) is 5.69 Å². The molecule has 0 saturated heterocycles. The van der Waals surface area contributed by atoms with Crippen molar-refractivity contribution >= 4 is 29.5 Å². The molecule has 0 aromatic heterocycles. The van der Waals surface area contributed by atoms with Gasteiger partial charge in [-0.05, 0) is 37.0 Å². The van der Waals surface area contributed by atoms with Crippen molar-refractivity contribution in [3.8, 4) is 0 Å². The van der Waals surface area contributed by atoms with Gasteiger partial charge in [-0.1, -0.05) is 6.07 Å². The molecular weight excluding hydrogens is 265 g/mol. The monoisotopic (exact) mass is 283 g/mol. The summed E-state index contributed by atoms with van der Waals surface area (Å²) < 4.78 is 14.0. The molecule has 0 aliphatic heterocycles. The smallest absolute Gasteiger partial charge is 0.328 e. The van der Waals surface area contributed by atoms with E-state index in [-0.39, 0.29) is 11.9 Å². The summed E-state index contributed by atoms with van der Waals surface area (Å²) in [5.41, 5.74) is 1.06. The van der Waals surface area contributed by atoms with Crippen molar-refractivity contribution in [1.82, 2.24) is 0 Å². The maximum atomic E-state index is 14.0. The number of nitrogens with zero attached hydrogens (tertiary/aromatic N) is 1. The predicted octanol–water partition coefficient (Wildman–Crippen LogP) is 3.11. The van der Waals surface area contributed by atoms with E-state index in [2.05, 4.69) is 0 Å². The van der Waals surface area contributed by atoms with Crippen LogP contribution in [0.4, 0.5) is 10.1 Å². The number of hydrogen-bond donors (Lipinski definition) is 1. The number of rotatable bonds is 6. The highest BCUT2D eigenvalue weighted by Crippen LogP contribution is 2.22. The van der Waals surface area contributed by atoms with Gasteiger partial charge in [-0.15, -0.1) is 0 Å². The highest BCUT2D eigenvalue weighted by molar-refractivity contribution is 7.98. The second kappa shape index (κ2) is 7.19. The van der Waals surface area contributed by atoms with Crippen LogP contribution in [0.5, 0.6) is 0 Å². The summed E-state index contributed by atoms with van der Waals surface area (Å²) in [7, 11) is 1.85. The molecule has 0 radical (unpaired) electrons. The quantitative estimate of drug-likeness (QED) is 0.814. The minimum Gasteiger partial charge on any atom is -0.478 e. The Balaban J connectivity index is 2.91. The third-order valence-electron chi connectivity index (χ3n) is 2.84. The van der Waals surface area contributed by atoms with Gasteiger partial charge < -0.3 is 10.0 Å². The number of carbonyl (C=O) groups is 1. The van der Waals surface area contributed by atoms with Crippen LogP contribution in [-0.4, -0.2) is 36.2 Å². The molecule has 1 N–H and O–H groups in total. The van der Waals surface area contributed by atoms with Crippen molar-refractivity contribution in [3.05, 3.63) is 35.7 Å². The van der Waals surface area contributed by atoms with Crippen LogP contribution in [0.15, 0.2) is 24.3 Å². The van der Waals surface area contributed by atoms with Gasteiger partial charge in [0.15, 0.2) is 0 Å². The maximum Gasteiger partial charge on any atom is 0.328 e. The highest BCUT2D eigenvalue weighted by atomic mass is 32.2. The van der Waals surface area contributed by atoms with Gasteiger partial charge in [-0.2, -0.15) is 11.8 Å². The van der Waals surface area contributed by atoms with Gasteiger partial charge >= 0.3 is 5.97 Å². The molecule has 0 bridgehead atoms. The maximum absolute atomic E-state index is 14.0. The van der Waals surface area contributed by atoms with Crippen LogP contribution >= 0.6 is 11.8 Å². The van der Waals surface area contributed by atoms with Crippen molar-refractivity contribution in [2.45, 2.75) is 13.0 Å². The number of halogens is 1. The van der Waals surface area contributed by atoms with Crippen LogP contribution in [0.25, 0.3) is 6.08 Å². The third-order valence-corrected chi connectivity index (χ3v) is 3.65. The first-order chi connectivity index (χ1) is 8.95. The van der Waals surface area contributed by atoms with Crippen LogP contribution in [0, 0.1) is 5.82 Å². The molecule has 1 unspecified atom stereocenters. The van der Waals surface area contributed by atoms with Crippen molar-refractivity contribution in [1.29, 1.82) is 0 Å². The number of carboxylic acids is 1. The Labute approximate surface area is 117 Å². The molecule has 0 aliphatic carbocycles. The van der Waals surface area contributed by atoms with E-state index in [0.29, 0.717) is 11.3 Å². The minimum atomic E-state index is -1.05. The zero-order chi connectivity index (χ0) is 14.4. The van der Waals surface area contributed by atoms with E-state index >= 15 is 0 Å². The van der Waals surface area contributed by atoms with E-state index in [0.717, 1.165) is 11.8 Å². The average Bonchev–Trinajstić information content (AvgIpc) is 2.36. The normalized spacial score (nSPS) is 12.6. The van der Waals surface area contributed by atoms with Crippen LogP contribution < -0.4 is 4.90 Å². The Kier molecular flexibility index (Phi) is 5.89. The first-order valence-electron chi connectivity index (χ1n) is 5.88. The lowest BCUT2D eigenvalue weighted by Gasteiger charge is -2.27. The van der Waals surface area contributed by atoms with Gasteiger partial charge in [0.2, 0.25) is 0 Å². The molecule has 0 heterocycles. The lowest BCUT2D eigenvalue weighted by atomic mass is 10.1. The fourth-order valence-electron chi connectivity index (χ4n) is 1.67. The summed E-state index contributed by atoms with van der Waals surface area (Å²) in [5, 5.41) is 8.53. The van der Waals surface area contributed by atoms with Gasteiger partial charge in [0, 0.05) is 24.9 Å². The zero-order valence-electron chi connectivity index (χ0n) is 11.3. The van der Waals surface area contributed by atoms with E-state index in [4.69, 9.17) is 5.11 Å². The lowest BCUT2D eigenvalue weighted by Crippen LogP contribution is -2.31. The lowest BCUT2D eigenvalue weighted by molar-refractivity contribution is -0.131. The molecule has 1 atom stereocenters. The molecule has 1 aromatic carbocycles. The zero-order valence-corrected chi connectivity index (χ0v) is 12.1. The number of anilines is 1.